The molecule has 0 spiro atoms. The van der Waals surface area contributed by atoms with Crippen LogP contribution < -0.4 is 10.6 Å². The Morgan fingerprint density at radius 3 is 3.00 bits per heavy atom. The van der Waals surface area contributed by atoms with Crippen LogP contribution in [0.2, 0.25) is 0 Å². The molecule has 2 atom stereocenters. The number of benzene rings is 1. The summed E-state index contributed by atoms with van der Waals surface area (Å²) in [5.41, 5.74) is 6.80. The van der Waals surface area contributed by atoms with Gasteiger partial charge in [0.05, 0.1) is 15.7 Å². The van der Waals surface area contributed by atoms with E-state index in [1.165, 1.54) is 27.4 Å². The molecule has 0 saturated carbocycles. The second kappa shape index (κ2) is 6.22. The van der Waals surface area contributed by atoms with Crippen LogP contribution in [0.1, 0.15) is 25.8 Å². The minimum Gasteiger partial charge on any atom is -0.355 e. The number of hydrogen-bond donors (Lipinski definition) is 2. The Morgan fingerprint density at radius 2 is 2.15 bits per heavy atom. The summed E-state index contributed by atoms with van der Waals surface area (Å²) in [6, 6.07) is 8.51. The number of fused-ring (bicyclic) bond motifs is 2. The Bertz CT molecular complexity index is 965. The van der Waals surface area contributed by atoms with Crippen LogP contribution in [-0.2, 0) is 6.42 Å². The molecule has 2 aliphatic rings. The Balaban J connectivity index is 1.42. The lowest BCUT2D eigenvalue weighted by molar-refractivity contribution is 0.326. The third-order valence-corrected chi connectivity index (χ3v) is 7.89. The smallest absolute Gasteiger partial charge is 0.102 e. The number of pyridine rings is 1. The molecule has 134 valence electrons. The Morgan fingerprint density at radius 1 is 1.23 bits per heavy atom. The normalized spacial score (nSPS) is 24.1. The number of anilines is 2. The zero-order valence-electron chi connectivity index (χ0n) is 15.0. The number of aromatic nitrogens is 2. The van der Waals surface area contributed by atoms with E-state index in [0.29, 0.717) is 11.2 Å². The number of hydrogen-bond acceptors (Lipinski definition) is 6. The zero-order valence-corrected chi connectivity index (χ0v) is 16.6. The van der Waals surface area contributed by atoms with Gasteiger partial charge in [0.1, 0.15) is 5.03 Å². The standard InChI is InChI=1S/C20H22N4S2/c1-20(2)14(5-8-23-20)18-10-13-15(6-7-21-19(13)26-18)24-12-3-4-17-16(9-12)22-11-25-17/h3-4,6-7,9,11,14,18,23H,5,8,10H2,1-2H3,(H,21,24)/t14-,18?/m0/s1. The van der Waals surface area contributed by atoms with Crippen molar-refractivity contribution < 1.29 is 0 Å². The van der Waals surface area contributed by atoms with Gasteiger partial charge in [0.25, 0.3) is 0 Å². The molecule has 0 amide bonds. The number of nitrogens with one attached hydrogen (secondary N) is 2. The minimum atomic E-state index is 0.211. The number of nitrogens with zero attached hydrogens (tertiary/aromatic N) is 2. The van der Waals surface area contributed by atoms with Crippen molar-refractivity contribution >= 4 is 44.7 Å². The van der Waals surface area contributed by atoms with E-state index in [1.807, 2.05) is 23.5 Å². The van der Waals surface area contributed by atoms with Gasteiger partial charge in [-0.2, -0.15) is 0 Å². The first kappa shape index (κ1) is 16.5. The lowest BCUT2D eigenvalue weighted by Gasteiger charge is -2.31. The largest absolute Gasteiger partial charge is 0.355 e. The van der Waals surface area contributed by atoms with Gasteiger partial charge >= 0.3 is 0 Å². The highest BCUT2D eigenvalue weighted by Gasteiger charge is 2.42. The Hall–Kier alpha value is -1.63. The molecule has 1 fully saturated rings. The molecule has 0 bridgehead atoms. The van der Waals surface area contributed by atoms with Gasteiger partial charge in [0.15, 0.2) is 0 Å². The summed E-state index contributed by atoms with van der Waals surface area (Å²) in [4.78, 5) is 9.09. The molecule has 6 heteroatoms. The molecule has 1 aromatic carbocycles. The molecular weight excluding hydrogens is 360 g/mol. The molecule has 26 heavy (non-hydrogen) atoms. The summed E-state index contributed by atoms with van der Waals surface area (Å²) < 4.78 is 1.22. The van der Waals surface area contributed by atoms with Crippen LogP contribution in [0.5, 0.6) is 0 Å². The monoisotopic (exact) mass is 382 g/mol. The molecule has 2 aliphatic heterocycles. The maximum atomic E-state index is 4.66. The number of rotatable bonds is 3. The topological polar surface area (TPSA) is 49.8 Å². The quantitative estimate of drug-likeness (QED) is 0.679. The molecule has 0 radical (unpaired) electrons. The van der Waals surface area contributed by atoms with Crippen LogP contribution in [0.25, 0.3) is 10.2 Å². The third-order valence-electron chi connectivity index (χ3n) is 5.71. The SMILES string of the molecule is CC1(C)NCC[C@H]1C1Cc2c(Nc3ccc4scnc4c3)ccnc2S1. The maximum absolute atomic E-state index is 4.66. The number of thiazole rings is 1. The molecule has 2 N–H and O–H groups in total. The fraction of sp³-hybridized carbons (Fsp3) is 0.400. The van der Waals surface area contributed by atoms with Crippen molar-refractivity contribution in [2.45, 2.75) is 42.5 Å². The fourth-order valence-corrected chi connectivity index (χ4v) is 6.58. The summed E-state index contributed by atoms with van der Waals surface area (Å²) in [5.74, 6) is 0.681. The summed E-state index contributed by atoms with van der Waals surface area (Å²) in [7, 11) is 0. The van der Waals surface area contributed by atoms with E-state index in [4.69, 9.17) is 0 Å². The molecule has 1 saturated heterocycles. The van der Waals surface area contributed by atoms with Gasteiger partial charge in [-0.15, -0.1) is 23.1 Å². The fourth-order valence-electron chi connectivity index (χ4n) is 4.28. The second-order valence-electron chi connectivity index (χ2n) is 7.71. The molecule has 5 rings (SSSR count). The molecule has 1 unspecified atom stereocenters. The van der Waals surface area contributed by atoms with E-state index in [9.17, 15) is 0 Å². The molecule has 4 nitrogen and oxygen atoms in total. The lowest BCUT2D eigenvalue weighted by atomic mass is 9.84. The third kappa shape index (κ3) is 2.80. The lowest BCUT2D eigenvalue weighted by Crippen LogP contribution is -2.42. The molecular formula is C20H22N4S2. The van der Waals surface area contributed by atoms with Crippen LogP contribution in [0.15, 0.2) is 41.0 Å². The van der Waals surface area contributed by atoms with E-state index in [0.717, 1.165) is 24.2 Å². The highest BCUT2D eigenvalue weighted by atomic mass is 32.2. The van der Waals surface area contributed by atoms with Crippen molar-refractivity contribution in [1.82, 2.24) is 15.3 Å². The first-order chi connectivity index (χ1) is 12.6. The van der Waals surface area contributed by atoms with Crippen LogP contribution >= 0.6 is 23.1 Å². The summed E-state index contributed by atoms with van der Waals surface area (Å²) in [6.45, 7) is 5.80. The average Bonchev–Trinajstić information content (AvgIpc) is 3.31. The van der Waals surface area contributed by atoms with Crippen molar-refractivity contribution in [3.63, 3.8) is 0 Å². The highest BCUT2D eigenvalue weighted by molar-refractivity contribution is 8.00. The van der Waals surface area contributed by atoms with Gasteiger partial charge in [0, 0.05) is 33.9 Å². The second-order valence-corrected chi connectivity index (χ2v) is 9.82. The van der Waals surface area contributed by atoms with E-state index < -0.39 is 0 Å². The van der Waals surface area contributed by atoms with Gasteiger partial charge in [-0.3, -0.25) is 0 Å². The van der Waals surface area contributed by atoms with Crippen molar-refractivity contribution in [3.8, 4) is 0 Å². The van der Waals surface area contributed by atoms with Crippen molar-refractivity contribution in [3.05, 3.63) is 41.5 Å². The predicted molar refractivity (Wildman–Crippen MR) is 111 cm³/mol. The van der Waals surface area contributed by atoms with Crippen LogP contribution in [0, 0.1) is 5.92 Å². The van der Waals surface area contributed by atoms with Crippen molar-refractivity contribution in [2.24, 2.45) is 5.92 Å². The van der Waals surface area contributed by atoms with E-state index in [-0.39, 0.29) is 5.54 Å². The summed E-state index contributed by atoms with van der Waals surface area (Å²) in [6.07, 6.45) is 4.27. The van der Waals surface area contributed by atoms with Gasteiger partial charge in [-0.05, 0) is 63.4 Å². The van der Waals surface area contributed by atoms with Crippen molar-refractivity contribution in [1.29, 1.82) is 0 Å². The molecule has 2 aromatic heterocycles. The molecule has 4 heterocycles. The summed E-state index contributed by atoms with van der Waals surface area (Å²) in [5, 5.41) is 9.07. The minimum absolute atomic E-state index is 0.211. The van der Waals surface area contributed by atoms with E-state index in [2.05, 4.69) is 58.7 Å². The van der Waals surface area contributed by atoms with Crippen molar-refractivity contribution in [2.75, 3.05) is 11.9 Å². The van der Waals surface area contributed by atoms with Gasteiger partial charge < -0.3 is 10.6 Å². The van der Waals surface area contributed by atoms with E-state index in [1.54, 1.807) is 11.3 Å². The Kier molecular flexibility index (Phi) is 3.95. The van der Waals surface area contributed by atoms with Gasteiger partial charge in [-0.1, -0.05) is 0 Å². The molecule has 3 aromatic rings. The maximum Gasteiger partial charge on any atom is 0.102 e. The van der Waals surface area contributed by atoms with Crippen LogP contribution in [-0.4, -0.2) is 27.3 Å². The first-order valence-corrected chi connectivity index (χ1v) is 10.9. The van der Waals surface area contributed by atoms with Gasteiger partial charge in [-0.25, -0.2) is 9.97 Å². The Labute approximate surface area is 161 Å². The van der Waals surface area contributed by atoms with Crippen LogP contribution in [0.4, 0.5) is 11.4 Å². The van der Waals surface area contributed by atoms with E-state index >= 15 is 0 Å². The summed E-state index contributed by atoms with van der Waals surface area (Å²) >= 11 is 3.64. The average molecular weight is 383 g/mol. The molecule has 0 aliphatic carbocycles. The highest BCUT2D eigenvalue weighted by Crippen LogP contribution is 2.47. The number of thioether (sulfide) groups is 1. The van der Waals surface area contributed by atoms with Crippen LogP contribution in [0.3, 0.4) is 0 Å². The van der Waals surface area contributed by atoms with Gasteiger partial charge in [0.2, 0.25) is 0 Å². The predicted octanol–water partition coefficient (Wildman–Crippen LogP) is 4.84. The first-order valence-electron chi connectivity index (χ1n) is 9.10. The zero-order chi connectivity index (χ0) is 17.7.